The Hall–Kier alpha value is -1.85. The van der Waals surface area contributed by atoms with E-state index in [0.717, 1.165) is 25.8 Å². The molecule has 1 aromatic heterocycles. The largest absolute Gasteiger partial charge is 0.358 e. The van der Waals surface area contributed by atoms with Crippen molar-refractivity contribution in [3.05, 3.63) is 87.1 Å². The third-order valence-corrected chi connectivity index (χ3v) is 7.41. The maximum absolute atomic E-state index is 11.6. The number of nitrogens with one attached hydrogen (secondary N) is 1. The van der Waals surface area contributed by atoms with Crippen LogP contribution in [0.2, 0.25) is 0 Å². The zero-order valence-electron chi connectivity index (χ0n) is 15.6. The Labute approximate surface area is 197 Å². The van der Waals surface area contributed by atoms with Crippen molar-refractivity contribution in [2.24, 2.45) is 5.14 Å². The van der Waals surface area contributed by atoms with Crippen LogP contribution in [0, 0.1) is 0 Å². The number of anilines is 1. The zero-order chi connectivity index (χ0) is 21.7. The molecule has 3 aromatic rings. The summed E-state index contributed by atoms with van der Waals surface area (Å²) in [5, 5.41) is 8.98. The molecule has 6 nitrogen and oxygen atoms in total. The number of benzene rings is 2. The second-order valence-electron chi connectivity index (χ2n) is 6.39. The molecule has 0 unspecified atom stereocenters. The lowest BCUT2D eigenvalue weighted by Gasteiger charge is -2.26. The molecule has 0 spiro atoms. The van der Waals surface area contributed by atoms with Crippen molar-refractivity contribution in [1.82, 2.24) is 10.3 Å². The SMILES string of the molecule is NS(=O)(=O)c1ccc(N(Cc2ccc(Br)c(Br)c2)C(=S)NCc2ccncc2)cc1. The lowest BCUT2D eigenvalue weighted by atomic mass is 10.2. The van der Waals surface area contributed by atoms with E-state index >= 15 is 0 Å². The summed E-state index contributed by atoms with van der Waals surface area (Å²) in [4.78, 5) is 5.97. The summed E-state index contributed by atoms with van der Waals surface area (Å²) < 4.78 is 25.0. The van der Waals surface area contributed by atoms with Crippen molar-refractivity contribution < 1.29 is 8.42 Å². The Balaban J connectivity index is 1.87. The van der Waals surface area contributed by atoms with Gasteiger partial charge in [0.1, 0.15) is 0 Å². The molecule has 0 aliphatic rings. The van der Waals surface area contributed by atoms with Gasteiger partial charge in [-0.3, -0.25) is 4.98 Å². The van der Waals surface area contributed by atoms with Crippen molar-refractivity contribution in [3.63, 3.8) is 0 Å². The van der Waals surface area contributed by atoms with Crippen LogP contribution in [0.1, 0.15) is 11.1 Å². The Morgan fingerprint density at radius 1 is 1.00 bits per heavy atom. The molecule has 3 rings (SSSR count). The van der Waals surface area contributed by atoms with Gasteiger partial charge >= 0.3 is 0 Å². The molecule has 0 saturated heterocycles. The van der Waals surface area contributed by atoms with Gasteiger partial charge < -0.3 is 10.2 Å². The van der Waals surface area contributed by atoms with Crippen molar-refractivity contribution in [3.8, 4) is 0 Å². The molecule has 10 heteroatoms. The molecule has 1 heterocycles. The van der Waals surface area contributed by atoms with Crippen LogP contribution in [0.3, 0.4) is 0 Å². The van der Waals surface area contributed by atoms with E-state index in [1.807, 2.05) is 35.2 Å². The number of halogens is 2. The molecule has 0 bridgehead atoms. The molecule has 0 aliphatic carbocycles. The number of primary sulfonamides is 1. The topological polar surface area (TPSA) is 88.3 Å². The second-order valence-corrected chi connectivity index (χ2v) is 10.0. The Kier molecular flexibility index (Phi) is 7.59. The lowest BCUT2D eigenvalue weighted by molar-refractivity contribution is 0.598. The summed E-state index contributed by atoms with van der Waals surface area (Å²) in [6.07, 6.45) is 3.45. The van der Waals surface area contributed by atoms with Crippen LogP contribution in [-0.4, -0.2) is 18.5 Å². The van der Waals surface area contributed by atoms with E-state index in [-0.39, 0.29) is 4.90 Å². The van der Waals surface area contributed by atoms with E-state index in [4.69, 9.17) is 17.4 Å². The molecule has 0 radical (unpaired) electrons. The number of nitrogens with two attached hydrogens (primary N) is 1. The number of pyridine rings is 1. The number of nitrogens with zero attached hydrogens (tertiary/aromatic N) is 2. The average molecular weight is 570 g/mol. The predicted octanol–water partition coefficient (Wildman–Crippen LogP) is 4.34. The smallest absolute Gasteiger partial charge is 0.238 e. The number of hydrogen-bond acceptors (Lipinski definition) is 4. The fraction of sp³-hybridized carbons (Fsp3) is 0.100. The van der Waals surface area contributed by atoms with Crippen molar-refractivity contribution in [2.75, 3.05) is 4.90 Å². The molecule has 0 aliphatic heterocycles. The van der Waals surface area contributed by atoms with E-state index in [1.165, 1.54) is 12.1 Å². The van der Waals surface area contributed by atoms with Gasteiger partial charge in [0, 0.05) is 33.6 Å². The van der Waals surface area contributed by atoms with E-state index in [9.17, 15) is 8.42 Å². The molecule has 0 atom stereocenters. The lowest BCUT2D eigenvalue weighted by Crippen LogP contribution is -2.39. The predicted molar refractivity (Wildman–Crippen MR) is 130 cm³/mol. The molecule has 0 saturated carbocycles. The first-order valence-corrected chi connectivity index (χ1v) is 12.3. The molecule has 0 fully saturated rings. The zero-order valence-corrected chi connectivity index (χ0v) is 20.4. The van der Waals surface area contributed by atoms with Gasteiger partial charge in [0.05, 0.1) is 11.4 Å². The van der Waals surface area contributed by atoms with Crippen LogP contribution >= 0.6 is 44.1 Å². The Morgan fingerprint density at radius 2 is 1.67 bits per heavy atom. The van der Waals surface area contributed by atoms with E-state index in [1.54, 1.807) is 24.5 Å². The molecular formula is C20H18Br2N4O2S2. The Morgan fingerprint density at radius 3 is 2.27 bits per heavy atom. The molecular weight excluding hydrogens is 552 g/mol. The number of sulfonamides is 1. The summed E-state index contributed by atoms with van der Waals surface area (Å²) in [7, 11) is -3.77. The van der Waals surface area contributed by atoms with Gasteiger partial charge in [0.15, 0.2) is 5.11 Å². The third-order valence-electron chi connectivity index (χ3n) is 4.24. The number of thiocarbonyl (C=S) groups is 1. The van der Waals surface area contributed by atoms with Crippen molar-refractivity contribution in [1.29, 1.82) is 0 Å². The first-order chi connectivity index (χ1) is 14.2. The van der Waals surface area contributed by atoms with Gasteiger partial charge in [0.25, 0.3) is 0 Å². The maximum Gasteiger partial charge on any atom is 0.238 e. The minimum Gasteiger partial charge on any atom is -0.358 e. The minimum absolute atomic E-state index is 0.0493. The minimum atomic E-state index is -3.77. The molecule has 2 aromatic carbocycles. The fourth-order valence-electron chi connectivity index (χ4n) is 2.69. The normalized spacial score (nSPS) is 11.2. The molecule has 30 heavy (non-hydrogen) atoms. The van der Waals surface area contributed by atoms with Gasteiger partial charge in [-0.25, -0.2) is 13.6 Å². The Bertz CT molecular complexity index is 1140. The summed E-state index contributed by atoms with van der Waals surface area (Å²) in [6, 6.07) is 16.1. The van der Waals surface area contributed by atoms with Gasteiger partial charge in [-0.2, -0.15) is 0 Å². The molecule has 156 valence electrons. The molecule has 3 N–H and O–H groups in total. The standard InChI is InChI=1S/C20H18Br2N4O2S2/c21-18-6-1-15(11-19(18)22)13-26(16-2-4-17(5-3-16)30(23,27)28)20(29)25-12-14-7-9-24-10-8-14/h1-11H,12-13H2,(H,25,29)(H2,23,27,28). The van der Waals surface area contributed by atoms with Crippen LogP contribution in [-0.2, 0) is 23.1 Å². The first-order valence-electron chi connectivity index (χ1n) is 8.75. The summed E-state index contributed by atoms with van der Waals surface area (Å²) in [5.74, 6) is 0. The monoisotopic (exact) mass is 568 g/mol. The number of rotatable bonds is 6. The highest BCUT2D eigenvalue weighted by atomic mass is 79.9. The van der Waals surface area contributed by atoms with Crippen LogP contribution < -0.4 is 15.4 Å². The summed E-state index contributed by atoms with van der Waals surface area (Å²) in [5.41, 5.74) is 2.81. The number of aromatic nitrogens is 1. The van der Waals surface area contributed by atoms with Crippen LogP contribution in [0.25, 0.3) is 0 Å². The van der Waals surface area contributed by atoms with Gasteiger partial charge in [0.2, 0.25) is 10.0 Å². The summed E-state index contributed by atoms with van der Waals surface area (Å²) >= 11 is 12.7. The quantitative estimate of drug-likeness (QED) is 0.429. The van der Waals surface area contributed by atoms with Crippen molar-refractivity contribution in [2.45, 2.75) is 18.0 Å². The highest BCUT2D eigenvalue weighted by Crippen LogP contribution is 2.26. The average Bonchev–Trinajstić information content (AvgIpc) is 2.73. The van der Waals surface area contributed by atoms with E-state index < -0.39 is 10.0 Å². The van der Waals surface area contributed by atoms with Gasteiger partial charge in [-0.1, -0.05) is 6.07 Å². The van der Waals surface area contributed by atoms with E-state index in [0.29, 0.717) is 18.2 Å². The van der Waals surface area contributed by atoms with Crippen LogP contribution in [0.4, 0.5) is 5.69 Å². The first kappa shape index (κ1) is 22.8. The van der Waals surface area contributed by atoms with E-state index in [2.05, 4.69) is 42.2 Å². The maximum atomic E-state index is 11.6. The second kappa shape index (κ2) is 9.97. The number of hydrogen-bond donors (Lipinski definition) is 2. The van der Waals surface area contributed by atoms with Gasteiger partial charge in [-0.15, -0.1) is 0 Å². The fourth-order valence-corrected chi connectivity index (χ4v) is 4.12. The highest BCUT2D eigenvalue weighted by Gasteiger charge is 2.15. The molecule has 0 amide bonds. The van der Waals surface area contributed by atoms with Crippen molar-refractivity contribution >= 4 is 64.9 Å². The van der Waals surface area contributed by atoms with Gasteiger partial charge in [-0.05, 0) is 104 Å². The van der Waals surface area contributed by atoms with Crippen LogP contribution in [0.5, 0.6) is 0 Å². The third kappa shape index (κ3) is 6.08. The van der Waals surface area contributed by atoms with Crippen LogP contribution in [0.15, 0.2) is 80.8 Å². The highest BCUT2D eigenvalue weighted by molar-refractivity contribution is 9.13. The summed E-state index contributed by atoms with van der Waals surface area (Å²) in [6.45, 7) is 1.03.